The van der Waals surface area contributed by atoms with Gasteiger partial charge in [0.15, 0.2) is 6.29 Å². The van der Waals surface area contributed by atoms with Crippen LogP contribution in [0.4, 0.5) is 0 Å². The van der Waals surface area contributed by atoms with E-state index in [1.165, 1.54) is 0 Å². The van der Waals surface area contributed by atoms with E-state index in [-0.39, 0.29) is 0 Å². The predicted octanol–water partition coefficient (Wildman–Crippen LogP) is 2.40. The summed E-state index contributed by atoms with van der Waals surface area (Å²) >= 11 is 5.82. The molecule has 0 fully saturated rings. The maximum atomic E-state index is 10.7. The number of aldehydes is 1. The Morgan fingerprint density at radius 3 is 2.86 bits per heavy atom. The number of fused-ring (bicyclic) bond motifs is 1. The second-order valence-corrected chi connectivity index (χ2v) is 3.37. The van der Waals surface area contributed by atoms with Gasteiger partial charge in [0.25, 0.3) is 0 Å². The normalized spacial score (nSPS) is 10.4. The minimum atomic E-state index is 0.407. The van der Waals surface area contributed by atoms with Crippen LogP contribution in [0.1, 0.15) is 16.3 Å². The van der Waals surface area contributed by atoms with E-state index in [1.807, 2.05) is 0 Å². The molecule has 1 aromatic carbocycles. The second-order valence-electron chi connectivity index (χ2n) is 2.94. The standard InChI is InChI=1S/C10H7ClN2O/c1-6-12-9-4-7(11)2-3-8(9)10(5-14)13-6/h2-5H,1H3. The Balaban J connectivity index is 2.87. The van der Waals surface area contributed by atoms with Crippen molar-refractivity contribution in [3.8, 4) is 0 Å². The van der Waals surface area contributed by atoms with Crippen LogP contribution in [-0.4, -0.2) is 16.3 Å². The summed E-state index contributed by atoms with van der Waals surface area (Å²) in [6.45, 7) is 1.74. The van der Waals surface area contributed by atoms with E-state index in [0.717, 1.165) is 11.7 Å². The average molecular weight is 207 g/mol. The molecule has 0 saturated heterocycles. The smallest absolute Gasteiger partial charge is 0.169 e. The minimum Gasteiger partial charge on any atom is -0.296 e. The van der Waals surface area contributed by atoms with Crippen LogP contribution < -0.4 is 0 Å². The van der Waals surface area contributed by atoms with Gasteiger partial charge in [-0.05, 0) is 25.1 Å². The summed E-state index contributed by atoms with van der Waals surface area (Å²) in [4.78, 5) is 19.0. The first-order valence-corrected chi connectivity index (χ1v) is 4.47. The maximum absolute atomic E-state index is 10.7. The third-order valence-corrected chi connectivity index (χ3v) is 2.15. The molecule has 2 rings (SSSR count). The van der Waals surface area contributed by atoms with Crippen molar-refractivity contribution < 1.29 is 4.79 Å². The van der Waals surface area contributed by atoms with E-state index in [1.54, 1.807) is 25.1 Å². The molecule has 0 radical (unpaired) electrons. The highest BCUT2D eigenvalue weighted by Gasteiger charge is 2.04. The third-order valence-electron chi connectivity index (χ3n) is 1.91. The molecule has 0 saturated carbocycles. The number of halogens is 1. The van der Waals surface area contributed by atoms with Crippen LogP contribution >= 0.6 is 11.6 Å². The first kappa shape index (κ1) is 9.09. The van der Waals surface area contributed by atoms with Crippen LogP contribution in [0.2, 0.25) is 5.02 Å². The van der Waals surface area contributed by atoms with Crippen LogP contribution in [0.15, 0.2) is 18.2 Å². The number of carbonyl (C=O) groups excluding carboxylic acids is 1. The van der Waals surface area contributed by atoms with E-state index in [2.05, 4.69) is 9.97 Å². The molecule has 0 amide bonds. The molecule has 0 aliphatic heterocycles. The van der Waals surface area contributed by atoms with Gasteiger partial charge in [-0.2, -0.15) is 0 Å². The van der Waals surface area contributed by atoms with Crippen LogP contribution in [0.5, 0.6) is 0 Å². The fourth-order valence-corrected chi connectivity index (χ4v) is 1.50. The van der Waals surface area contributed by atoms with Crippen molar-refractivity contribution in [3.63, 3.8) is 0 Å². The molecule has 1 heterocycles. The van der Waals surface area contributed by atoms with Gasteiger partial charge in [0.05, 0.1) is 5.52 Å². The Labute approximate surface area is 85.7 Å². The molecule has 14 heavy (non-hydrogen) atoms. The molecule has 2 aromatic rings. The molecular formula is C10H7ClN2O. The lowest BCUT2D eigenvalue weighted by Gasteiger charge is -2.01. The van der Waals surface area contributed by atoms with Crippen molar-refractivity contribution in [2.75, 3.05) is 0 Å². The molecule has 0 aliphatic carbocycles. The third kappa shape index (κ3) is 1.46. The molecule has 0 unspecified atom stereocenters. The Morgan fingerprint density at radius 2 is 2.14 bits per heavy atom. The highest BCUT2D eigenvalue weighted by Crippen LogP contribution is 2.19. The number of aromatic nitrogens is 2. The topological polar surface area (TPSA) is 42.9 Å². The van der Waals surface area contributed by atoms with Crippen LogP contribution in [-0.2, 0) is 0 Å². The number of aryl methyl sites for hydroxylation is 1. The van der Waals surface area contributed by atoms with Crippen molar-refractivity contribution in [2.24, 2.45) is 0 Å². The summed E-state index contributed by atoms with van der Waals surface area (Å²) in [5.74, 6) is 0.571. The Hall–Kier alpha value is -1.48. The number of hydrogen-bond donors (Lipinski definition) is 0. The zero-order valence-electron chi connectivity index (χ0n) is 7.49. The van der Waals surface area contributed by atoms with Crippen molar-refractivity contribution in [1.82, 2.24) is 9.97 Å². The summed E-state index contributed by atoms with van der Waals surface area (Å²) in [6.07, 6.45) is 0.727. The van der Waals surface area contributed by atoms with Crippen molar-refractivity contribution >= 4 is 28.8 Å². The molecule has 0 aliphatic rings. The summed E-state index contributed by atoms with van der Waals surface area (Å²) in [6, 6.07) is 5.19. The lowest BCUT2D eigenvalue weighted by atomic mass is 10.2. The molecule has 0 N–H and O–H groups in total. The van der Waals surface area contributed by atoms with Gasteiger partial charge in [-0.15, -0.1) is 0 Å². The van der Waals surface area contributed by atoms with E-state index < -0.39 is 0 Å². The van der Waals surface area contributed by atoms with E-state index in [9.17, 15) is 4.79 Å². The van der Waals surface area contributed by atoms with Crippen LogP contribution in [0, 0.1) is 6.92 Å². The Kier molecular flexibility index (Phi) is 2.17. The monoisotopic (exact) mass is 206 g/mol. The van der Waals surface area contributed by atoms with Crippen molar-refractivity contribution in [3.05, 3.63) is 34.7 Å². The average Bonchev–Trinajstić information content (AvgIpc) is 2.15. The largest absolute Gasteiger partial charge is 0.296 e. The molecule has 4 heteroatoms. The fourth-order valence-electron chi connectivity index (χ4n) is 1.34. The molecule has 70 valence electrons. The number of benzene rings is 1. The second kappa shape index (κ2) is 3.35. The zero-order valence-corrected chi connectivity index (χ0v) is 8.25. The molecule has 0 atom stereocenters. The van der Waals surface area contributed by atoms with Gasteiger partial charge in [0, 0.05) is 10.4 Å². The van der Waals surface area contributed by atoms with Gasteiger partial charge >= 0.3 is 0 Å². The zero-order chi connectivity index (χ0) is 10.1. The maximum Gasteiger partial charge on any atom is 0.169 e. The SMILES string of the molecule is Cc1nc(C=O)c2ccc(Cl)cc2n1. The predicted molar refractivity (Wildman–Crippen MR) is 54.7 cm³/mol. The van der Waals surface area contributed by atoms with Crippen LogP contribution in [0.25, 0.3) is 10.9 Å². The number of rotatable bonds is 1. The highest BCUT2D eigenvalue weighted by atomic mass is 35.5. The van der Waals surface area contributed by atoms with Gasteiger partial charge in [-0.3, -0.25) is 4.79 Å². The van der Waals surface area contributed by atoms with E-state index >= 15 is 0 Å². The Bertz CT molecular complexity index is 505. The highest BCUT2D eigenvalue weighted by molar-refractivity contribution is 6.31. The van der Waals surface area contributed by atoms with Crippen molar-refractivity contribution in [2.45, 2.75) is 6.92 Å². The summed E-state index contributed by atoms with van der Waals surface area (Å²) in [7, 11) is 0. The molecule has 3 nitrogen and oxygen atoms in total. The number of carbonyl (C=O) groups is 1. The van der Waals surface area contributed by atoms with E-state index in [4.69, 9.17) is 11.6 Å². The lowest BCUT2D eigenvalue weighted by Crippen LogP contribution is -1.95. The van der Waals surface area contributed by atoms with E-state index in [0.29, 0.717) is 22.1 Å². The molecule has 1 aromatic heterocycles. The number of nitrogens with zero attached hydrogens (tertiary/aromatic N) is 2. The van der Waals surface area contributed by atoms with Gasteiger partial charge in [0.1, 0.15) is 11.5 Å². The minimum absolute atomic E-state index is 0.407. The Morgan fingerprint density at radius 1 is 1.36 bits per heavy atom. The van der Waals surface area contributed by atoms with Crippen molar-refractivity contribution in [1.29, 1.82) is 0 Å². The van der Waals surface area contributed by atoms with Gasteiger partial charge in [0.2, 0.25) is 0 Å². The molecule has 0 bridgehead atoms. The van der Waals surface area contributed by atoms with Crippen LogP contribution in [0.3, 0.4) is 0 Å². The lowest BCUT2D eigenvalue weighted by molar-refractivity contribution is 0.112. The summed E-state index contributed by atoms with van der Waals surface area (Å²) < 4.78 is 0. The van der Waals surface area contributed by atoms with Gasteiger partial charge < -0.3 is 0 Å². The number of hydrogen-bond acceptors (Lipinski definition) is 3. The first-order valence-electron chi connectivity index (χ1n) is 4.10. The van der Waals surface area contributed by atoms with Gasteiger partial charge in [-0.1, -0.05) is 11.6 Å². The summed E-state index contributed by atoms with van der Waals surface area (Å²) in [5.41, 5.74) is 1.11. The van der Waals surface area contributed by atoms with Gasteiger partial charge in [-0.25, -0.2) is 9.97 Å². The summed E-state index contributed by atoms with van der Waals surface area (Å²) in [5, 5.41) is 1.34. The molecule has 0 spiro atoms. The quantitative estimate of drug-likeness (QED) is 0.673. The first-order chi connectivity index (χ1) is 6.70. The fraction of sp³-hybridized carbons (Fsp3) is 0.100. The molecular weight excluding hydrogens is 200 g/mol.